The predicted octanol–water partition coefficient (Wildman–Crippen LogP) is 1.32. The Hall–Kier alpha value is -1.58. The van der Waals surface area contributed by atoms with E-state index in [0.717, 1.165) is 21.2 Å². The van der Waals surface area contributed by atoms with Gasteiger partial charge in [0.05, 0.1) is 5.39 Å². The van der Waals surface area contributed by atoms with Crippen LogP contribution < -0.4 is 4.73 Å². The summed E-state index contributed by atoms with van der Waals surface area (Å²) in [5.74, 6) is 0.312. The Balaban J connectivity index is 2.77. The van der Waals surface area contributed by atoms with Crippen LogP contribution in [-0.2, 0) is 0 Å². The quantitative estimate of drug-likeness (QED) is 0.527. The maximum absolute atomic E-state index is 11.2. The summed E-state index contributed by atoms with van der Waals surface area (Å²) in [6.07, 6.45) is 4.83. The molecule has 0 aliphatic rings. The molecule has 0 unspecified atom stereocenters. The summed E-state index contributed by atoms with van der Waals surface area (Å²) in [5, 5.41) is 18.9. The largest absolute Gasteiger partial charge is 0.619 e. The van der Waals surface area contributed by atoms with E-state index in [4.69, 9.17) is 0 Å². The topological polar surface area (TPSA) is 55.6 Å². The molecule has 2 heterocycles. The van der Waals surface area contributed by atoms with Gasteiger partial charge in [0.1, 0.15) is 5.52 Å². The molecule has 2 rings (SSSR count). The second-order valence-electron chi connectivity index (χ2n) is 3.42. The first-order valence-electron chi connectivity index (χ1n) is 4.24. The summed E-state index contributed by atoms with van der Waals surface area (Å²) in [5.41, 5.74) is 1.87. The fourth-order valence-electron chi connectivity index (χ4n) is 1.42. The van der Waals surface area contributed by atoms with Crippen LogP contribution in [0, 0.1) is 5.21 Å². The summed E-state index contributed by atoms with van der Waals surface area (Å²) < 4.78 is 0.827. The van der Waals surface area contributed by atoms with Crippen LogP contribution in [0.3, 0.4) is 0 Å². The highest BCUT2D eigenvalue weighted by atomic mass is 16.5. The van der Waals surface area contributed by atoms with E-state index in [2.05, 4.69) is 10.2 Å². The number of aromatic nitrogens is 3. The number of rotatable bonds is 1. The van der Waals surface area contributed by atoms with Crippen molar-refractivity contribution in [3.8, 4) is 0 Å². The number of nitrogens with zero attached hydrogens (tertiary/aromatic N) is 2. The summed E-state index contributed by atoms with van der Waals surface area (Å²) >= 11 is 0. The lowest BCUT2D eigenvalue weighted by Crippen LogP contribution is -2.25. The zero-order valence-electron chi connectivity index (χ0n) is 7.61. The van der Waals surface area contributed by atoms with Gasteiger partial charge < -0.3 is 5.21 Å². The molecule has 0 aliphatic carbocycles. The third-order valence-corrected chi connectivity index (χ3v) is 2.10. The molecule has 0 saturated carbocycles. The van der Waals surface area contributed by atoms with Crippen LogP contribution in [0.2, 0.25) is 0 Å². The third-order valence-electron chi connectivity index (χ3n) is 2.10. The molecule has 0 spiro atoms. The van der Waals surface area contributed by atoms with Gasteiger partial charge in [-0.25, -0.2) is 0 Å². The van der Waals surface area contributed by atoms with Crippen molar-refractivity contribution in [1.82, 2.24) is 10.2 Å². The molecule has 0 radical (unpaired) electrons. The molecule has 4 nitrogen and oxygen atoms in total. The van der Waals surface area contributed by atoms with Gasteiger partial charge in [-0.05, 0) is 5.92 Å². The summed E-state index contributed by atoms with van der Waals surface area (Å²) in [7, 11) is 0. The van der Waals surface area contributed by atoms with Crippen molar-refractivity contribution in [2.45, 2.75) is 19.8 Å². The number of H-pyrrole nitrogens is 1. The lowest BCUT2D eigenvalue weighted by atomic mass is 10.0. The molecule has 1 N–H and O–H groups in total. The van der Waals surface area contributed by atoms with Crippen molar-refractivity contribution in [3.63, 3.8) is 0 Å². The van der Waals surface area contributed by atoms with E-state index >= 15 is 0 Å². The van der Waals surface area contributed by atoms with Crippen molar-refractivity contribution < 1.29 is 4.73 Å². The van der Waals surface area contributed by atoms with Gasteiger partial charge in [-0.2, -0.15) is 9.83 Å². The fourth-order valence-corrected chi connectivity index (χ4v) is 1.42. The molecular weight excluding hydrogens is 166 g/mol. The Bertz CT molecular complexity index is 433. The maximum Gasteiger partial charge on any atom is 0.191 e. The van der Waals surface area contributed by atoms with Gasteiger partial charge in [0.15, 0.2) is 12.4 Å². The molecule has 0 aliphatic heterocycles. The van der Waals surface area contributed by atoms with Crippen LogP contribution in [0.25, 0.3) is 10.9 Å². The molecule has 0 amide bonds. The van der Waals surface area contributed by atoms with Crippen LogP contribution in [0.15, 0.2) is 18.6 Å². The zero-order valence-corrected chi connectivity index (χ0v) is 7.61. The van der Waals surface area contributed by atoms with Crippen molar-refractivity contribution >= 4 is 10.9 Å². The van der Waals surface area contributed by atoms with Gasteiger partial charge >= 0.3 is 0 Å². The first-order chi connectivity index (χ1) is 6.18. The molecular formula is C9H11N3O. The highest BCUT2D eigenvalue weighted by molar-refractivity contribution is 5.79. The van der Waals surface area contributed by atoms with Crippen LogP contribution in [0.1, 0.15) is 25.3 Å². The molecule has 13 heavy (non-hydrogen) atoms. The molecule has 2 aromatic rings. The Kier molecular flexibility index (Phi) is 1.69. The Morgan fingerprint density at radius 2 is 2.23 bits per heavy atom. The minimum atomic E-state index is 0.312. The summed E-state index contributed by atoms with van der Waals surface area (Å²) in [6.45, 7) is 4.09. The molecule has 0 atom stereocenters. The zero-order chi connectivity index (χ0) is 9.42. The van der Waals surface area contributed by atoms with Crippen LogP contribution in [0.5, 0.6) is 0 Å². The normalized spacial score (nSPS) is 11.3. The van der Waals surface area contributed by atoms with Crippen molar-refractivity contribution in [1.29, 1.82) is 0 Å². The van der Waals surface area contributed by atoms with E-state index in [-0.39, 0.29) is 0 Å². The minimum absolute atomic E-state index is 0.312. The second-order valence-corrected chi connectivity index (χ2v) is 3.42. The van der Waals surface area contributed by atoms with Crippen LogP contribution in [-0.4, -0.2) is 10.2 Å². The first-order valence-corrected chi connectivity index (χ1v) is 4.24. The highest BCUT2D eigenvalue weighted by Crippen LogP contribution is 2.20. The fraction of sp³-hybridized carbons (Fsp3) is 0.333. The van der Waals surface area contributed by atoms with Gasteiger partial charge in [0.25, 0.3) is 0 Å². The minimum Gasteiger partial charge on any atom is -0.619 e. The highest BCUT2D eigenvalue weighted by Gasteiger charge is 2.11. The number of aromatic amines is 1. The predicted molar refractivity (Wildman–Crippen MR) is 49.1 cm³/mol. The lowest BCUT2D eigenvalue weighted by molar-refractivity contribution is -0.604. The summed E-state index contributed by atoms with van der Waals surface area (Å²) in [6, 6.07) is 0. The molecule has 0 fully saturated rings. The Morgan fingerprint density at radius 1 is 1.46 bits per heavy atom. The number of pyridine rings is 1. The molecule has 68 valence electrons. The van der Waals surface area contributed by atoms with Crippen molar-refractivity contribution in [3.05, 3.63) is 29.4 Å². The summed E-state index contributed by atoms with van der Waals surface area (Å²) in [4.78, 5) is 0. The Morgan fingerprint density at radius 3 is 2.92 bits per heavy atom. The van der Waals surface area contributed by atoms with Gasteiger partial charge in [-0.1, -0.05) is 13.8 Å². The van der Waals surface area contributed by atoms with Crippen molar-refractivity contribution in [2.75, 3.05) is 0 Å². The standard InChI is InChI=1S/C9H11N3O/c1-6(2)8-5-12(13)4-7-3-10-11-9(7)8/h3-6H,1-2H3,(H,10,11). The van der Waals surface area contributed by atoms with E-state index in [1.807, 2.05) is 13.8 Å². The lowest BCUT2D eigenvalue weighted by Gasteiger charge is -2.04. The van der Waals surface area contributed by atoms with Crippen LogP contribution >= 0.6 is 0 Å². The van der Waals surface area contributed by atoms with Gasteiger partial charge in [0, 0.05) is 11.8 Å². The van der Waals surface area contributed by atoms with Gasteiger partial charge in [0.2, 0.25) is 0 Å². The van der Waals surface area contributed by atoms with Crippen molar-refractivity contribution in [2.24, 2.45) is 0 Å². The number of nitrogens with one attached hydrogen (secondary N) is 1. The molecule has 2 aromatic heterocycles. The van der Waals surface area contributed by atoms with Gasteiger partial charge in [-0.15, -0.1) is 0 Å². The first kappa shape index (κ1) is 8.04. The Labute approximate surface area is 75.8 Å². The van der Waals surface area contributed by atoms with Crippen LogP contribution in [0.4, 0.5) is 0 Å². The monoisotopic (exact) mass is 177 g/mol. The SMILES string of the molecule is CC(C)c1c[n+]([O-])cc2c[nH]nc12. The average molecular weight is 177 g/mol. The number of hydrogen-bond donors (Lipinski definition) is 1. The van der Waals surface area contributed by atoms with E-state index in [1.54, 1.807) is 12.4 Å². The van der Waals surface area contributed by atoms with E-state index in [1.165, 1.54) is 6.20 Å². The molecule has 0 aromatic carbocycles. The molecule has 0 bridgehead atoms. The number of hydrogen-bond acceptors (Lipinski definition) is 2. The maximum atomic E-state index is 11.2. The van der Waals surface area contributed by atoms with E-state index in [0.29, 0.717) is 5.92 Å². The van der Waals surface area contributed by atoms with Gasteiger partial charge in [-0.3, -0.25) is 5.10 Å². The number of fused-ring (bicyclic) bond motifs is 1. The second kappa shape index (κ2) is 2.73. The smallest absolute Gasteiger partial charge is 0.191 e. The third kappa shape index (κ3) is 1.24. The molecule has 0 saturated heterocycles. The molecule has 4 heteroatoms. The van der Waals surface area contributed by atoms with E-state index < -0.39 is 0 Å². The average Bonchev–Trinajstić information content (AvgIpc) is 2.49. The van der Waals surface area contributed by atoms with E-state index in [9.17, 15) is 5.21 Å².